The Bertz CT molecular complexity index is 448. The molecule has 0 aromatic carbocycles. The van der Waals surface area contributed by atoms with Crippen molar-refractivity contribution < 1.29 is 31.5 Å². The number of piperidine rings is 1. The summed E-state index contributed by atoms with van der Waals surface area (Å²) in [5.41, 5.74) is 0. The molecule has 0 radical (unpaired) electrons. The number of aliphatic carboxylic acids is 1. The Hall–Kier alpha value is -0.830. The average molecular weight is 303 g/mol. The number of hydrogen-bond donors (Lipinski definition) is 1. The molecule has 0 saturated carbocycles. The first kappa shape index (κ1) is 16.2. The van der Waals surface area contributed by atoms with Gasteiger partial charge in [-0.25, -0.2) is 8.42 Å². The summed E-state index contributed by atoms with van der Waals surface area (Å²) < 4.78 is 62.2. The van der Waals surface area contributed by atoms with Crippen molar-refractivity contribution in [1.82, 2.24) is 4.31 Å². The number of halogens is 3. The standard InChI is InChI=1S/C10H16F3NO4S/c1-6-3-4-8(9(15)16)5-14(6)19(17,18)7(2)10(11,12)13/h6-8H,3-5H2,1-2H3,(H,15,16). The van der Waals surface area contributed by atoms with Crippen molar-refractivity contribution in [2.45, 2.75) is 44.2 Å². The summed E-state index contributed by atoms with van der Waals surface area (Å²) in [5, 5.41) is 6.33. The molecule has 3 atom stereocenters. The highest BCUT2D eigenvalue weighted by atomic mass is 32.2. The minimum Gasteiger partial charge on any atom is -0.481 e. The summed E-state index contributed by atoms with van der Waals surface area (Å²) in [4.78, 5) is 10.9. The summed E-state index contributed by atoms with van der Waals surface area (Å²) >= 11 is 0. The van der Waals surface area contributed by atoms with Gasteiger partial charge in [0.15, 0.2) is 5.25 Å². The zero-order valence-corrected chi connectivity index (χ0v) is 11.3. The van der Waals surface area contributed by atoms with E-state index in [2.05, 4.69) is 0 Å². The highest BCUT2D eigenvalue weighted by Gasteiger charge is 2.50. The Morgan fingerprint density at radius 2 is 1.89 bits per heavy atom. The fourth-order valence-corrected chi connectivity index (χ4v) is 3.74. The van der Waals surface area contributed by atoms with Crippen molar-refractivity contribution in [3.05, 3.63) is 0 Å². The second-order valence-electron chi connectivity index (χ2n) is 4.76. The van der Waals surface area contributed by atoms with Crippen LogP contribution >= 0.6 is 0 Å². The number of nitrogens with zero attached hydrogens (tertiary/aromatic N) is 1. The second-order valence-corrected chi connectivity index (χ2v) is 6.97. The van der Waals surface area contributed by atoms with Crippen LogP contribution in [0, 0.1) is 5.92 Å². The number of carboxylic acid groups (broad SMARTS) is 1. The monoisotopic (exact) mass is 303 g/mol. The van der Waals surface area contributed by atoms with Crippen LogP contribution in [0.1, 0.15) is 26.7 Å². The third-order valence-corrected chi connectivity index (χ3v) is 5.73. The van der Waals surface area contributed by atoms with Crippen LogP contribution in [0.2, 0.25) is 0 Å². The molecular weight excluding hydrogens is 287 g/mol. The molecule has 0 bridgehead atoms. The first-order valence-corrected chi connectivity index (χ1v) is 7.28. The van der Waals surface area contributed by atoms with Crippen molar-refractivity contribution in [2.75, 3.05) is 6.54 Å². The summed E-state index contributed by atoms with van der Waals surface area (Å²) in [6.45, 7) is 1.66. The zero-order chi connectivity index (χ0) is 15.0. The third kappa shape index (κ3) is 3.38. The van der Waals surface area contributed by atoms with Gasteiger partial charge in [-0.3, -0.25) is 4.79 Å². The summed E-state index contributed by atoms with van der Waals surface area (Å²) in [5.74, 6) is -2.14. The molecule has 19 heavy (non-hydrogen) atoms. The lowest BCUT2D eigenvalue weighted by molar-refractivity contribution is -0.143. The molecule has 0 amide bonds. The van der Waals surface area contributed by atoms with Gasteiger partial charge in [-0.2, -0.15) is 17.5 Å². The number of sulfonamides is 1. The topological polar surface area (TPSA) is 74.7 Å². The van der Waals surface area contributed by atoms with E-state index in [0.717, 1.165) is 0 Å². The van der Waals surface area contributed by atoms with E-state index in [1.54, 1.807) is 0 Å². The Morgan fingerprint density at radius 3 is 2.32 bits per heavy atom. The van der Waals surface area contributed by atoms with Crippen LogP contribution in [0.4, 0.5) is 13.2 Å². The van der Waals surface area contributed by atoms with Gasteiger partial charge >= 0.3 is 12.1 Å². The molecule has 1 fully saturated rings. The largest absolute Gasteiger partial charge is 0.481 e. The molecule has 1 N–H and O–H groups in total. The van der Waals surface area contributed by atoms with Crippen LogP contribution in [0.25, 0.3) is 0 Å². The predicted molar refractivity (Wildman–Crippen MR) is 61.0 cm³/mol. The second kappa shape index (κ2) is 5.28. The lowest BCUT2D eigenvalue weighted by Gasteiger charge is -2.37. The van der Waals surface area contributed by atoms with Crippen molar-refractivity contribution in [3.63, 3.8) is 0 Å². The van der Waals surface area contributed by atoms with E-state index in [9.17, 15) is 26.4 Å². The Morgan fingerprint density at radius 1 is 1.37 bits per heavy atom. The van der Waals surface area contributed by atoms with Crippen LogP contribution in [-0.2, 0) is 14.8 Å². The molecule has 0 aromatic heterocycles. The van der Waals surface area contributed by atoms with Gasteiger partial charge in [0.1, 0.15) is 0 Å². The van der Waals surface area contributed by atoms with Crippen molar-refractivity contribution in [2.24, 2.45) is 5.92 Å². The normalized spacial score (nSPS) is 28.1. The molecule has 3 unspecified atom stereocenters. The molecule has 1 saturated heterocycles. The van der Waals surface area contributed by atoms with Gasteiger partial charge in [0.05, 0.1) is 5.92 Å². The zero-order valence-electron chi connectivity index (χ0n) is 10.5. The van der Waals surface area contributed by atoms with Gasteiger partial charge in [0, 0.05) is 12.6 Å². The number of carbonyl (C=O) groups is 1. The van der Waals surface area contributed by atoms with Crippen LogP contribution in [0.15, 0.2) is 0 Å². The van der Waals surface area contributed by atoms with Gasteiger partial charge in [0.2, 0.25) is 10.0 Å². The molecule has 5 nitrogen and oxygen atoms in total. The molecule has 1 aliphatic heterocycles. The molecule has 0 aromatic rings. The molecule has 1 rings (SSSR count). The van der Waals surface area contributed by atoms with Gasteiger partial charge in [-0.1, -0.05) is 0 Å². The van der Waals surface area contributed by atoms with Crippen molar-refractivity contribution in [3.8, 4) is 0 Å². The molecule has 1 aliphatic rings. The Balaban J connectivity index is 3.02. The Kier molecular flexibility index (Phi) is 4.51. The maximum absolute atomic E-state index is 12.6. The third-order valence-electron chi connectivity index (χ3n) is 3.41. The lowest BCUT2D eigenvalue weighted by Crippen LogP contribution is -2.52. The predicted octanol–water partition coefficient (Wildman–Crippen LogP) is 1.45. The van der Waals surface area contributed by atoms with E-state index in [1.165, 1.54) is 6.92 Å². The molecule has 0 aliphatic carbocycles. The van der Waals surface area contributed by atoms with Crippen molar-refractivity contribution >= 4 is 16.0 Å². The van der Waals surface area contributed by atoms with Crippen LogP contribution in [0.5, 0.6) is 0 Å². The fraction of sp³-hybridized carbons (Fsp3) is 0.900. The van der Waals surface area contributed by atoms with Gasteiger partial charge in [-0.05, 0) is 26.7 Å². The first-order chi connectivity index (χ1) is 8.48. The summed E-state index contributed by atoms with van der Waals surface area (Å²) in [6.07, 6.45) is -4.36. The number of hydrogen-bond acceptors (Lipinski definition) is 3. The van der Waals surface area contributed by atoms with E-state index in [-0.39, 0.29) is 12.8 Å². The van der Waals surface area contributed by atoms with E-state index in [1.807, 2.05) is 0 Å². The quantitative estimate of drug-likeness (QED) is 0.856. The number of carboxylic acids is 1. The summed E-state index contributed by atoms with van der Waals surface area (Å²) in [7, 11) is -4.59. The van der Waals surface area contributed by atoms with E-state index in [4.69, 9.17) is 5.11 Å². The highest BCUT2D eigenvalue weighted by Crippen LogP contribution is 2.32. The smallest absolute Gasteiger partial charge is 0.406 e. The minimum absolute atomic E-state index is 0.237. The molecular formula is C10H16F3NO4S. The van der Waals surface area contributed by atoms with Crippen LogP contribution in [-0.4, -0.2) is 47.8 Å². The fourth-order valence-electron chi connectivity index (χ4n) is 2.00. The van der Waals surface area contributed by atoms with Crippen LogP contribution in [0.3, 0.4) is 0 Å². The highest BCUT2D eigenvalue weighted by molar-refractivity contribution is 7.89. The van der Waals surface area contributed by atoms with E-state index >= 15 is 0 Å². The van der Waals surface area contributed by atoms with Crippen molar-refractivity contribution in [1.29, 1.82) is 0 Å². The SMILES string of the molecule is CC1CCC(C(=O)O)CN1S(=O)(=O)C(C)C(F)(F)F. The van der Waals surface area contributed by atoms with Gasteiger partial charge < -0.3 is 5.11 Å². The summed E-state index contributed by atoms with van der Waals surface area (Å²) in [6, 6.07) is -0.620. The number of rotatable bonds is 3. The molecule has 9 heteroatoms. The maximum atomic E-state index is 12.6. The van der Waals surface area contributed by atoms with E-state index in [0.29, 0.717) is 11.2 Å². The van der Waals surface area contributed by atoms with E-state index < -0.39 is 45.9 Å². The first-order valence-electron chi connectivity index (χ1n) is 5.78. The average Bonchev–Trinajstić information content (AvgIpc) is 2.26. The van der Waals surface area contributed by atoms with Gasteiger partial charge in [0.25, 0.3) is 0 Å². The number of alkyl halides is 3. The minimum atomic E-state index is -4.87. The molecule has 1 heterocycles. The lowest BCUT2D eigenvalue weighted by atomic mass is 9.96. The van der Waals surface area contributed by atoms with Gasteiger partial charge in [-0.15, -0.1) is 0 Å². The molecule has 0 spiro atoms. The Labute approximate surface area is 109 Å². The molecule has 112 valence electrons. The maximum Gasteiger partial charge on any atom is 0.406 e. The van der Waals surface area contributed by atoms with Crippen LogP contribution < -0.4 is 0 Å².